The van der Waals surface area contributed by atoms with Gasteiger partial charge in [0.05, 0.1) is 6.10 Å². The highest BCUT2D eigenvalue weighted by Gasteiger charge is 2.33. The zero-order valence-electron chi connectivity index (χ0n) is 14.7. The van der Waals surface area contributed by atoms with Crippen molar-refractivity contribution in [2.75, 3.05) is 26.2 Å². The lowest BCUT2D eigenvalue weighted by atomic mass is 9.92. The maximum Gasteiger partial charge on any atom is 0.223 e. The molecule has 0 radical (unpaired) electrons. The molecule has 1 amide bonds. The Labute approximate surface area is 145 Å². The van der Waals surface area contributed by atoms with Gasteiger partial charge in [0.15, 0.2) is 0 Å². The fraction of sp³-hybridized carbons (Fsp3) is 0.650. The molecule has 2 fully saturated rings. The van der Waals surface area contributed by atoms with Gasteiger partial charge in [0.25, 0.3) is 0 Å². The Balaban J connectivity index is 1.51. The van der Waals surface area contributed by atoms with Crippen molar-refractivity contribution in [2.24, 2.45) is 0 Å². The summed E-state index contributed by atoms with van der Waals surface area (Å²) in [5, 5.41) is 10.1. The molecular formula is C20H30N2O2. The predicted octanol–water partition coefficient (Wildman–Crippen LogP) is 2.63. The lowest BCUT2D eigenvalue weighted by Crippen LogP contribution is -2.53. The summed E-state index contributed by atoms with van der Waals surface area (Å²) in [7, 11) is 0. The first-order valence-electron chi connectivity index (χ1n) is 9.44. The molecular weight excluding hydrogens is 300 g/mol. The molecule has 3 atom stereocenters. The van der Waals surface area contributed by atoms with Gasteiger partial charge in [-0.1, -0.05) is 37.3 Å². The zero-order valence-corrected chi connectivity index (χ0v) is 14.7. The van der Waals surface area contributed by atoms with Crippen LogP contribution in [0.5, 0.6) is 0 Å². The van der Waals surface area contributed by atoms with Gasteiger partial charge in [-0.25, -0.2) is 0 Å². The minimum Gasteiger partial charge on any atom is -0.391 e. The minimum absolute atomic E-state index is 0.171. The monoisotopic (exact) mass is 330 g/mol. The van der Waals surface area contributed by atoms with E-state index in [1.165, 1.54) is 5.56 Å². The molecule has 0 bridgehead atoms. The summed E-state index contributed by atoms with van der Waals surface area (Å²) < 4.78 is 0. The van der Waals surface area contributed by atoms with E-state index in [0.717, 1.165) is 51.9 Å². The largest absolute Gasteiger partial charge is 0.391 e. The molecule has 2 aliphatic rings. The SMILES string of the molecule is CCC(CC(=O)N1CCN(C2CCCC2O)CC1)c1ccccc1. The molecule has 1 saturated heterocycles. The number of carbonyl (C=O) groups is 1. The standard InChI is InChI=1S/C20H30N2O2/c1-2-16(17-7-4-3-5-8-17)15-20(24)22-13-11-21(12-14-22)18-9-6-10-19(18)23/h3-5,7-8,16,18-19,23H,2,6,9-15H2,1H3. The van der Waals surface area contributed by atoms with Crippen molar-refractivity contribution in [3.63, 3.8) is 0 Å². The van der Waals surface area contributed by atoms with Crippen molar-refractivity contribution in [1.29, 1.82) is 0 Å². The number of carbonyl (C=O) groups excluding carboxylic acids is 1. The molecule has 4 heteroatoms. The molecule has 1 saturated carbocycles. The summed E-state index contributed by atoms with van der Waals surface area (Å²) in [4.78, 5) is 17.1. The molecule has 1 aromatic rings. The van der Waals surface area contributed by atoms with Crippen LogP contribution in [0.2, 0.25) is 0 Å². The Morgan fingerprint density at radius 3 is 2.46 bits per heavy atom. The molecule has 24 heavy (non-hydrogen) atoms. The van der Waals surface area contributed by atoms with Gasteiger partial charge in [0, 0.05) is 38.6 Å². The van der Waals surface area contributed by atoms with Gasteiger partial charge in [-0.2, -0.15) is 0 Å². The van der Waals surface area contributed by atoms with Gasteiger partial charge in [-0.15, -0.1) is 0 Å². The number of benzene rings is 1. The van der Waals surface area contributed by atoms with Gasteiger partial charge in [0.1, 0.15) is 0 Å². The zero-order chi connectivity index (χ0) is 16.9. The summed E-state index contributed by atoms with van der Waals surface area (Å²) in [5.41, 5.74) is 1.26. The topological polar surface area (TPSA) is 43.8 Å². The second-order valence-electron chi connectivity index (χ2n) is 7.20. The van der Waals surface area contributed by atoms with E-state index in [1.807, 2.05) is 23.1 Å². The van der Waals surface area contributed by atoms with Gasteiger partial charge < -0.3 is 10.0 Å². The minimum atomic E-state index is -0.171. The third kappa shape index (κ3) is 3.98. The van der Waals surface area contributed by atoms with Crippen LogP contribution in [0.25, 0.3) is 0 Å². The number of nitrogens with zero attached hydrogens (tertiary/aromatic N) is 2. The summed E-state index contributed by atoms with van der Waals surface area (Å²) in [6, 6.07) is 10.7. The lowest BCUT2D eigenvalue weighted by Gasteiger charge is -2.39. The fourth-order valence-electron chi connectivity index (χ4n) is 4.21. The van der Waals surface area contributed by atoms with E-state index in [1.54, 1.807) is 0 Å². The summed E-state index contributed by atoms with van der Waals surface area (Å²) >= 11 is 0. The number of hydrogen-bond acceptors (Lipinski definition) is 3. The van der Waals surface area contributed by atoms with Crippen LogP contribution in [0.3, 0.4) is 0 Å². The third-order valence-electron chi connectivity index (χ3n) is 5.76. The van der Waals surface area contributed by atoms with Crippen molar-refractivity contribution in [3.05, 3.63) is 35.9 Å². The van der Waals surface area contributed by atoms with E-state index in [2.05, 4.69) is 24.0 Å². The Kier molecular flexibility index (Phi) is 5.90. The van der Waals surface area contributed by atoms with Gasteiger partial charge in [-0.05, 0) is 37.2 Å². The number of amides is 1. The smallest absolute Gasteiger partial charge is 0.223 e. The van der Waals surface area contributed by atoms with E-state index >= 15 is 0 Å². The van der Waals surface area contributed by atoms with Crippen molar-refractivity contribution in [2.45, 2.75) is 57.1 Å². The number of aliphatic hydroxyl groups excluding tert-OH is 1. The van der Waals surface area contributed by atoms with Crippen LogP contribution in [-0.2, 0) is 4.79 Å². The third-order valence-corrected chi connectivity index (χ3v) is 5.76. The molecule has 0 spiro atoms. The van der Waals surface area contributed by atoms with Gasteiger partial charge >= 0.3 is 0 Å². The highest BCUT2D eigenvalue weighted by molar-refractivity contribution is 5.77. The molecule has 1 aliphatic carbocycles. The second kappa shape index (κ2) is 8.13. The molecule has 3 unspecified atom stereocenters. The van der Waals surface area contributed by atoms with Crippen molar-refractivity contribution in [3.8, 4) is 0 Å². The average molecular weight is 330 g/mol. The van der Waals surface area contributed by atoms with Crippen molar-refractivity contribution < 1.29 is 9.90 Å². The second-order valence-corrected chi connectivity index (χ2v) is 7.20. The van der Waals surface area contributed by atoms with E-state index in [-0.39, 0.29) is 12.0 Å². The van der Waals surface area contributed by atoms with Crippen molar-refractivity contribution in [1.82, 2.24) is 9.80 Å². The molecule has 0 aromatic heterocycles. The van der Waals surface area contributed by atoms with Crippen LogP contribution in [0.1, 0.15) is 50.5 Å². The van der Waals surface area contributed by atoms with Crippen LogP contribution >= 0.6 is 0 Å². The van der Waals surface area contributed by atoms with Gasteiger partial charge in [-0.3, -0.25) is 9.69 Å². The van der Waals surface area contributed by atoms with E-state index < -0.39 is 0 Å². The quantitative estimate of drug-likeness (QED) is 0.902. The predicted molar refractivity (Wildman–Crippen MR) is 95.9 cm³/mol. The molecule has 4 nitrogen and oxygen atoms in total. The maximum absolute atomic E-state index is 12.7. The first kappa shape index (κ1) is 17.4. The number of hydrogen-bond donors (Lipinski definition) is 1. The molecule has 3 rings (SSSR count). The Morgan fingerprint density at radius 2 is 1.88 bits per heavy atom. The van der Waals surface area contributed by atoms with E-state index in [0.29, 0.717) is 18.4 Å². The summed E-state index contributed by atoms with van der Waals surface area (Å²) in [5.74, 6) is 0.589. The Morgan fingerprint density at radius 1 is 1.17 bits per heavy atom. The van der Waals surface area contributed by atoms with E-state index in [4.69, 9.17) is 0 Å². The molecule has 1 aromatic carbocycles. The summed E-state index contributed by atoms with van der Waals surface area (Å²) in [6.45, 7) is 5.55. The van der Waals surface area contributed by atoms with Crippen LogP contribution in [0, 0.1) is 0 Å². The highest BCUT2D eigenvalue weighted by Crippen LogP contribution is 2.27. The molecule has 1 heterocycles. The number of piperazine rings is 1. The summed E-state index contributed by atoms with van der Waals surface area (Å²) in [6.07, 6.45) is 4.58. The Bertz CT molecular complexity index is 526. The van der Waals surface area contributed by atoms with Gasteiger partial charge in [0.2, 0.25) is 5.91 Å². The van der Waals surface area contributed by atoms with Crippen LogP contribution < -0.4 is 0 Å². The Hall–Kier alpha value is -1.39. The molecule has 1 aliphatic heterocycles. The first-order valence-corrected chi connectivity index (χ1v) is 9.44. The van der Waals surface area contributed by atoms with E-state index in [9.17, 15) is 9.90 Å². The normalized spacial score (nSPS) is 26.5. The van der Waals surface area contributed by atoms with Crippen LogP contribution in [0.15, 0.2) is 30.3 Å². The maximum atomic E-state index is 12.7. The fourth-order valence-corrected chi connectivity index (χ4v) is 4.21. The average Bonchev–Trinajstić information content (AvgIpc) is 3.06. The number of aliphatic hydroxyl groups is 1. The van der Waals surface area contributed by atoms with Crippen molar-refractivity contribution >= 4 is 5.91 Å². The van der Waals surface area contributed by atoms with Crippen LogP contribution in [0.4, 0.5) is 0 Å². The number of rotatable bonds is 5. The lowest BCUT2D eigenvalue weighted by molar-refractivity contribution is -0.134. The molecule has 132 valence electrons. The molecule has 1 N–H and O–H groups in total. The highest BCUT2D eigenvalue weighted by atomic mass is 16.3. The first-order chi connectivity index (χ1) is 11.7. The van der Waals surface area contributed by atoms with Crippen LogP contribution in [-0.4, -0.2) is 59.1 Å².